The monoisotopic (exact) mass is 145 g/mol. The number of ether oxygens (including phenoxy) is 1. The lowest BCUT2D eigenvalue weighted by molar-refractivity contribution is 0.195. The number of hydrogen-bond acceptors (Lipinski definition) is 4. The molecule has 0 bridgehead atoms. The third kappa shape index (κ3) is 5.40. The molecular formula is C6H15N3O. The molecule has 10 heavy (non-hydrogen) atoms. The molecule has 0 amide bonds. The van der Waals surface area contributed by atoms with Crippen LogP contribution in [-0.2, 0) is 4.74 Å². The zero-order chi connectivity index (χ0) is 7.82. The van der Waals surface area contributed by atoms with Gasteiger partial charge in [-0.05, 0) is 12.8 Å². The third-order valence-electron chi connectivity index (χ3n) is 1.08. The number of rotatable bonds is 5. The molecule has 4 heteroatoms. The maximum atomic E-state index is 5.49. The summed E-state index contributed by atoms with van der Waals surface area (Å²) in [6.45, 7) is 0.735. The quantitative estimate of drug-likeness (QED) is 0.281. The summed E-state index contributed by atoms with van der Waals surface area (Å²) in [4.78, 5) is 0. The lowest BCUT2D eigenvalue weighted by atomic mass is 10.3. The van der Waals surface area contributed by atoms with Crippen molar-refractivity contribution >= 4 is 0 Å². The van der Waals surface area contributed by atoms with Gasteiger partial charge in [-0.15, -0.1) is 0 Å². The van der Waals surface area contributed by atoms with E-state index in [0.29, 0.717) is 0 Å². The number of nitrogens with two attached hydrogens (primary N) is 2. The maximum Gasteiger partial charge on any atom is 0.0465 e. The standard InChI is InChI=1S/C6H15N3O/c1-10-4-2-3-6(7)5-9-8/h5,9H,2-4,7-8H2,1H3/b6-5-. The van der Waals surface area contributed by atoms with E-state index in [0.717, 1.165) is 25.1 Å². The van der Waals surface area contributed by atoms with Crippen molar-refractivity contribution in [2.45, 2.75) is 12.8 Å². The Bertz CT molecular complexity index is 103. The van der Waals surface area contributed by atoms with E-state index in [1.165, 1.54) is 0 Å². The number of hydrogen-bond donors (Lipinski definition) is 3. The molecule has 0 aliphatic carbocycles. The number of methoxy groups -OCH3 is 1. The van der Waals surface area contributed by atoms with Crippen molar-refractivity contribution in [1.29, 1.82) is 0 Å². The van der Waals surface area contributed by atoms with Crippen LogP contribution in [0.2, 0.25) is 0 Å². The van der Waals surface area contributed by atoms with Gasteiger partial charge in [0.05, 0.1) is 0 Å². The Morgan fingerprint density at radius 3 is 2.90 bits per heavy atom. The molecule has 0 unspecified atom stereocenters. The van der Waals surface area contributed by atoms with E-state index in [1.807, 2.05) is 0 Å². The molecule has 0 saturated heterocycles. The highest BCUT2D eigenvalue weighted by Crippen LogP contribution is 1.95. The second kappa shape index (κ2) is 6.38. The lowest BCUT2D eigenvalue weighted by Gasteiger charge is -1.99. The van der Waals surface area contributed by atoms with Gasteiger partial charge in [0.1, 0.15) is 0 Å². The van der Waals surface area contributed by atoms with E-state index in [4.69, 9.17) is 16.3 Å². The smallest absolute Gasteiger partial charge is 0.0465 e. The minimum atomic E-state index is 0.735. The molecule has 0 aliphatic rings. The molecule has 5 N–H and O–H groups in total. The first-order chi connectivity index (χ1) is 4.81. The Morgan fingerprint density at radius 1 is 1.70 bits per heavy atom. The molecule has 0 saturated carbocycles. The van der Waals surface area contributed by atoms with Crippen molar-refractivity contribution in [3.63, 3.8) is 0 Å². The van der Waals surface area contributed by atoms with Gasteiger partial charge in [-0.1, -0.05) is 0 Å². The van der Waals surface area contributed by atoms with Gasteiger partial charge < -0.3 is 15.9 Å². The lowest BCUT2D eigenvalue weighted by Crippen LogP contribution is -2.16. The van der Waals surface area contributed by atoms with Crippen molar-refractivity contribution in [2.24, 2.45) is 11.6 Å². The summed E-state index contributed by atoms with van der Waals surface area (Å²) < 4.78 is 4.84. The summed E-state index contributed by atoms with van der Waals surface area (Å²) in [7, 11) is 1.67. The van der Waals surface area contributed by atoms with Crippen molar-refractivity contribution in [1.82, 2.24) is 5.43 Å². The zero-order valence-corrected chi connectivity index (χ0v) is 6.26. The molecule has 0 rings (SSSR count). The van der Waals surface area contributed by atoms with Crippen LogP contribution < -0.4 is 17.0 Å². The summed E-state index contributed by atoms with van der Waals surface area (Å²) in [6.07, 6.45) is 3.33. The molecule has 0 atom stereocenters. The fourth-order valence-electron chi connectivity index (χ4n) is 0.600. The number of hydrazine groups is 1. The van der Waals surface area contributed by atoms with Gasteiger partial charge in [-0.3, -0.25) is 5.84 Å². The van der Waals surface area contributed by atoms with Crippen molar-refractivity contribution in [2.75, 3.05) is 13.7 Å². The van der Waals surface area contributed by atoms with Crippen LogP contribution in [0.1, 0.15) is 12.8 Å². The van der Waals surface area contributed by atoms with Crippen LogP contribution in [0.3, 0.4) is 0 Å². The molecule has 0 aliphatic heterocycles. The molecule has 4 nitrogen and oxygen atoms in total. The van der Waals surface area contributed by atoms with E-state index >= 15 is 0 Å². The molecular weight excluding hydrogens is 130 g/mol. The van der Waals surface area contributed by atoms with Gasteiger partial charge in [0, 0.05) is 25.6 Å². The first kappa shape index (κ1) is 9.26. The van der Waals surface area contributed by atoms with Gasteiger partial charge in [0.25, 0.3) is 0 Å². The molecule has 0 spiro atoms. The SMILES string of the molecule is COCCC/C(N)=C/NN. The fourth-order valence-corrected chi connectivity index (χ4v) is 0.600. The third-order valence-corrected chi connectivity index (χ3v) is 1.08. The van der Waals surface area contributed by atoms with E-state index in [1.54, 1.807) is 13.3 Å². The largest absolute Gasteiger partial charge is 0.401 e. The highest BCUT2D eigenvalue weighted by Gasteiger charge is 1.88. The van der Waals surface area contributed by atoms with Crippen molar-refractivity contribution in [3.8, 4) is 0 Å². The average Bonchev–Trinajstić information content (AvgIpc) is 1.89. The molecule has 0 aromatic rings. The van der Waals surface area contributed by atoms with E-state index in [2.05, 4.69) is 5.43 Å². The van der Waals surface area contributed by atoms with Crippen LogP contribution in [0.25, 0.3) is 0 Å². The Hall–Kier alpha value is -0.740. The van der Waals surface area contributed by atoms with Crippen LogP contribution in [0.15, 0.2) is 11.9 Å². The normalized spacial score (nSPS) is 11.6. The van der Waals surface area contributed by atoms with Gasteiger partial charge >= 0.3 is 0 Å². The highest BCUT2D eigenvalue weighted by molar-refractivity contribution is 4.93. The average molecular weight is 145 g/mol. The van der Waals surface area contributed by atoms with E-state index in [-0.39, 0.29) is 0 Å². The Labute approximate surface area is 61.2 Å². The highest BCUT2D eigenvalue weighted by atomic mass is 16.5. The van der Waals surface area contributed by atoms with E-state index < -0.39 is 0 Å². The summed E-state index contributed by atoms with van der Waals surface area (Å²) in [5.74, 6) is 5.00. The van der Waals surface area contributed by atoms with Crippen LogP contribution in [-0.4, -0.2) is 13.7 Å². The predicted molar refractivity (Wildman–Crippen MR) is 40.7 cm³/mol. The van der Waals surface area contributed by atoms with Crippen LogP contribution in [0, 0.1) is 0 Å². The van der Waals surface area contributed by atoms with Gasteiger partial charge in [-0.2, -0.15) is 0 Å². The van der Waals surface area contributed by atoms with E-state index in [9.17, 15) is 0 Å². The van der Waals surface area contributed by atoms with Crippen LogP contribution in [0.4, 0.5) is 0 Å². The van der Waals surface area contributed by atoms with Crippen molar-refractivity contribution in [3.05, 3.63) is 11.9 Å². The van der Waals surface area contributed by atoms with Crippen LogP contribution >= 0.6 is 0 Å². The summed E-state index contributed by atoms with van der Waals surface area (Å²) >= 11 is 0. The second-order valence-corrected chi connectivity index (χ2v) is 1.98. The summed E-state index contributed by atoms with van der Waals surface area (Å²) in [5, 5.41) is 0. The molecule has 0 aromatic carbocycles. The molecule has 0 fully saturated rings. The first-order valence-corrected chi connectivity index (χ1v) is 3.21. The van der Waals surface area contributed by atoms with Gasteiger partial charge in [-0.25, -0.2) is 0 Å². The fraction of sp³-hybridized carbons (Fsp3) is 0.667. The zero-order valence-electron chi connectivity index (χ0n) is 6.26. The molecule has 0 aromatic heterocycles. The Kier molecular flexibility index (Phi) is 5.91. The summed E-state index contributed by atoms with van der Waals surface area (Å²) in [6, 6.07) is 0. The first-order valence-electron chi connectivity index (χ1n) is 3.21. The Balaban J connectivity index is 3.21. The van der Waals surface area contributed by atoms with Crippen molar-refractivity contribution < 1.29 is 4.74 Å². The van der Waals surface area contributed by atoms with Crippen LogP contribution in [0.5, 0.6) is 0 Å². The number of nitrogens with one attached hydrogen (secondary N) is 1. The molecule has 60 valence electrons. The predicted octanol–water partition coefficient (Wildman–Crippen LogP) is -0.324. The molecule has 0 radical (unpaired) electrons. The second-order valence-electron chi connectivity index (χ2n) is 1.98. The van der Waals surface area contributed by atoms with Gasteiger partial charge in [0.2, 0.25) is 0 Å². The maximum absolute atomic E-state index is 5.49. The molecule has 0 heterocycles. The Morgan fingerprint density at radius 2 is 2.40 bits per heavy atom. The summed E-state index contributed by atoms with van der Waals surface area (Å²) in [5.41, 5.74) is 8.60. The topological polar surface area (TPSA) is 73.3 Å². The van der Waals surface area contributed by atoms with Gasteiger partial charge in [0.15, 0.2) is 0 Å². The number of allylic oxidation sites excluding steroid dienone is 1. The minimum Gasteiger partial charge on any atom is -0.401 e. The minimum absolute atomic E-state index is 0.735.